The average molecular weight is 278 g/mol. The predicted molar refractivity (Wildman–Crippen MR) is 78.0 cm³/mol. The molecule has 0 aliphatic carbocycles. The quantitative estimate of drug-likeness (QED) is 0.808. The summed E-state index contributed by atoms with van der Waals surface area (Å²) < 4.78 is 0. The molecule has 1 aliphatic heterocycles. The molecule has 6 nitrogen and oxygen atoms in total. The molecule has 20 heavy (non-hydrogen) atoms. The van der Waals surface area contributed by atoms with Crippen LogP contribution < -0.4 is 10.2 Å². The van der Waals surface area contributed by atoms with Gasteiger partial charge in [0.2, 0.25) is 0 Å². The van der Waals surface area contributed by atoms with Crippen LogP contribution in [0.15, 0.2) is 18.2 Å². The highest BCUT2D eigenvalue weighted by atomic mass is 16.3. The van der Waals surface area contributed by atoms with Crippen LogP contribution in [0.3, 0.4) is 0 Å². The van der Waals surface area contributed by atoms with E-state index in [1.165, 1.54) is 0 Å². The van der Waals surface area contributed by atoms with Gasteiger partial charge in [-0.2, -0.15) is 0 Å². The molecule has 0 radical (unpaired) electrons. The number of rotatable bonds is 4. The van der Waals surface area contributed by atoms with Gasteiger partial charge in [0.1, 0.15) is 11.5 Å². The van der Waals surface area contributed by atoms with Crippen LogP contribution in [0.1, 0.15) is 17.4 Å². The van der Waals surface area contributed by atoms with Gasteiger partial charge in [0, 0.05) is 32.7 Å². The first-order valence-electron chi connectivity index (χ1n) is 6.93. The van der Waals surface area contributed by atoms with Crippen molar-refractivity contribution in [2.75, 3.05) is 44.7 Å². The van der Waals surface area contributed by atoms with Crippen LogP contribution in [0.2, 0.25) is 0 Å². The van der Waals surface area contributed by atoms with E-state index < -0.39 is 6.10 Å². The number of carbonyl (C=O) groups is 1. The smallest absolute Gasteiger partial charge is 0.270 e. The van der Waals surface area contributed by atoms with Gasteiger partial charge in [0.15, 0.2) is 0 Å². The fraction of sp³-hybridized carbons (Fsp3) is 0.571. The van der Waals surface area contributed by atoms with Crippen molar-refractivity contribution in [3.05, 3.63) is 23.9 Å². The summed E-state index contributed by atoms with van der Waals surface area (Å²) in [5.74, 6) is 0.588. The number of hydrogen-bond donors (Lipinski definition) is 2. The molecule has 1 aliphatic rings. The monoisotopic (exact) mass is 278 g/mol. The lowest BCUT2D eigenvalue weighted by atomic mass is 10.3. The fourth-order valence-corrected chi connectivity index (χ4v) is 2.09. The van der Waals surface area contributed by atoms with Gasteiger partial charge in [0.25, 0.3) is 5.91 Å². The summed E-state index contributed by atoms with van der Waals surface area (Å²) in [5.41, 5.74) is 0.391. The highest BCUT2D eigenvalue weighted by molar-refractivity contribution is 5.92. The molecule has 1 saturated heterocycles. The number of anilines is 1. The van der Waals surface area contributed by atoms with Crippen LogP contribution in [0.4, 0.5) is 5.82 Å². The van der Waals surface area contributed by atoms with Crippen LogP contribution in [0, 0.1) is 0 Å². The van der Waals surface area contributed by atoms with Gasteiger partial charge in [0.05, 0.1) is 6.10 Å². The van der Waals surface area contributed by atoms with Crippen molar-refractivity contribution in [2.45, 2.75) is 13.0 Å². The molecule has 110 valence electrons. The zero-order chi connectivity index (χ0) is 14.5. The van der Waals surface area contributed by atoms with Crippen molar-refractivity contribution in [3.8, 4) is 0 Å². The second-order valence-corrected chi connectivity index (χ2v) is 5.23. The van der Waals surface area contributed by atoms with Crippen LogP contribution in [-0.4, -0.2) is 66.8 Å². The molecule has 6 heteroatoms. The largest absolute Gasteiger partial charge is 0.392 e. The second kappa shape index (κ2) is 6.67. The first-order valence-corrected chi connectivity index (χ1v) is 6.93. The van der Waals surface area contributed by atoms with Gasteiger partial charge in [-0.05, 0) is 26.1 Å². The molecule has 2 heterocycles. The van der Waals surface area contributed by atoms with E-state index in [2.05, 4.69) is 27.1 Å². The first kappa shape index (κ1) is 14.7. The predicted octanol–water partition coefficient (Wildman–Crippen LogP) is -0.0560. The number of carbonyl (C=O) groups excluding carboxylic acids is 1. The van der Waals surface area contributed by atoms with Crippen LogP contribution >= 0.6 is 0 Å². The minimum Gasteiger partial charge on any atom is -0.392 e. The van der Waals surface area contributed by atoms with E-state index in [1.807, 2.05) is 12.1 Å². The van der Waals surface area contributed by atoms with E-state index in [0.29, 0.717) is 5.69 Å². The Kier molecular flexibility index (Phi) is 4.92. The minimum absolute atomic E-state index is 0.235. The van der Waals surface area contributed by atoms with Crippen molar-refractivity contribution >= 4 is 11.7 Å². The molecule has 2 N–H and O–H groups in total. The molecule has 2 rings (SSSR count). The molecule has 0 bridgehead atoms. The van der Waals surface area contributed by atoms with Gasteiger partial charge in [-0.25, -0.2) is 4.98 Å². The van der Waals surface area contributed by atoms with Gasteiger partial charge >= 0.3 is 0 Å². The van der Waals surface area contributed by atoms with E-state index in [-0.39, 0.29) is 12.5 Å². The summed E-state index contributed by atoms with van der Waals surface area (Å²) in [6.45, 7) is 5.71. The van der Waals surface area contributed by atoms with Crippen LogP contribution in [0.25, 0.3) is 0 Å². The zero-order valence-electron chi connectivity index (χ0n) is 12.0. The molecule has 0 spiro atoms. The molecule has 1 aromatic heterocycles. The maximum absolute atomic E-state index is 11.9. The molecular formula is C14H22N4O2. The standard InChI is InChI=1S/C14H22N4O2/c1-11(19)10-15-14(20)12-4-3-5-13(16-12)18-8-6-17(2)7-9-18/h3-5,11,19H,6-10H2,1-2H3,(H,15,20). The number of hydrogen-bond acceptors (Lipinski definition) is 5. The normalized spacial score (nSPS) is 17.9. The van der Waals surface area contributed by atoms with Crippen molar-refractivity contribution in [1.29, 1.82) is 0 Å². The number of piperazine rings is 1. The average Bonchev–Trinajstić information content (AvgIpc) is 2.45. The Hall–Kier alpha value is -1.66. The fourth-order valence-electron chi connectivity index (χ4n) is 2.09. The van der Waals surface area contributed by atoms with Gasteiger partial charge in [-0.15, -0.1) is 0 Å². The lowest BCUT2D eigenvalue weighted by molar-refractivity contribution is 0.0919. The Morgan fingerprint density at radius 1 is 1.40 bits per heavy atom. The maximum Gasteiger partial charge on any atom is 0.270 e. The number of aliphatic hydroxyl groups is 1. The van der Waals surface area contributed by atoms with Gasteiger partial charge in [-0.1, -0.05) is 6.07 Å². The van der Waals surface area contributed by atoms with E-state index in [4.69, 9.17) is 0 Å². The Bertz CT molecular complexity index is 456. The van der Waals surface area contributed by atoms with Gasteiger partial charge in [-0.3, -0.25) is 4.79 Å². The van der Waals surface area contributed by atoms with E-state index in [1.54, 1.807) is 13.0 Å². The number of amides is 1. The molecule has 1 atom stereocenters. The van der Waals surface area contributed by atoms with Crippen LogP contribution in [0.5, 0.6) is 0 Å². The third-order valence-electron chi connectivity index (χ3n) is 3.35. The number of pyridine rings is 1. The Balaban J connectivity index is 2.02. The molecule has 1 aromatic rings. The Morgan fingerprint density at radius 2 is 2.10 bits per heavy atom. The van der Waals surface area contributed by atoms with Crippen LogP contribution in [-0.2, 0) is 0 Å². The summed E-state index contributed by atoms with van der Waals surface area (Å²) in [4.78, 5) is 20.8. The van der Waals surface area contributed by atoms with E-state index in [0.717, 1.165) is 32.0 Å². The Labute approximate surface area is 119 Å². The third kappa shape index (κ3) is 3.91. The number of aromatic nitrogens is 1. The van der Waals surface area contributed by atoms with E-state index in [9.17, 15) is 9.90 Å². The zero-order valence-corrected chi connectivity index (χ0v) is 12.0. The minimum atomic E-state index is -0.556. The van der Waals surface area contributed by atoms with Crippen molar-refractivity contribution < 1.29 is 9.90 Å². The van der Waals surface area contributed by atoms with Crippen molar-refractivity contribution in [3.63, 3.8) is 0 Å². The Morgan fingerprint density at radius 3 is 2.75 bits per heavy atom. The molecule has 1 fully saturated rings. The molecule has 1 unspecified atom stereocenters. The summed E-state index contributed by atoms with van der Waals surface area (Å²) in [6.07, 6.45) is -0.556. The number of nitrogens with one attached hydrogen (secondary N) is 1. The molecule has 1 amide bonds. The SMILES string of the molecule is CC(O)CNC(=O)c1cccc(N2CCN(C)CC2)n1. The number of aliphatic hydroxyl groups excluding tert-OH is 1. The summed E-state index contributed by atoms with van der Waals surface area (Å²) in [6, 6.07) is 5.46. The lowest BCUT2D eigenvalue weighted by Gasteiger charge is -2.33. The van der Waals surface area contributed by atoms with Crippen molar-refractivity contribution in [2.24, 2.45) is 0 Å². The number of likely N-dealkylation sites (N-methyl/N-ethyl adjacent to an activating group) is 1. The third-order valence-corrected chi connectivity index (χ3v) is 3.35. The summed E-state index contributed by atoms with van der Waals surface area (Å²) in [7, 11) is 2.10. The molecular weight excluding hydrogens is 256 g/mol. The van der Waals surface area contributed by atoms with E-state index >= 15 is 0 Å². The van der Waals surface area contributed by atoms with Crippen molar-refractivity contribution in [1.82, 2.24) is 15.2 Å². The van der Waals surface area contributed by atoms with Gasteiger partial charge < -0.3 is 20.2 Å². The molecule has 0 saturated carbocycles. The second-order valence-electron chi connectivity index (χ2n) is 5.23. The highest BCUT2D eigenvalue weighted by Gasteiger charge is 2.16. The first-order chi connectivity index (χ1) is 9.56. The summed E-state index contributed by atoms with van der Waals surface area (Å²) >= 11 is 0. The lowest BCUT2D eigenvalue weighted by Crippen LogP contribution is -2.45. The summed E-state index contributed by atoms with van der Waals surface area (Å²) in [5, 5.41) is 11.8. The maximum atomic E-state index is 11.9. The number of nitrogens with zero attached hydrogens (tertiary/aromatic N) is 3. The topological polar surface area (TPSA) is 68.7 Å². The molecule has 0 aromatic carbocycles. The highest BCUT2D eigenvalue weighted by Crippen LogP contribution is 2.13.